The molecular weight excluding hydrogens is 292 g/mol. The van der Waals surface area contributed by atoms with E-state index in [0.29, 0.717) is 0 Å². The number of hydrogen-bond acceptors (Lipinski definition) is 2. The smallest absolute Gasteiger partial charge is 0.0395 e. The van der Waals surface area contributed by atoms with Crippen LogP contribution in [0.2, 0.25) is 0 Å². The summed E-state index contributed by atoms with van der Waals surface area (Å²) in [7, 11) is 0. The summed E-state index contributed by atoms with van der Waals surface area (Å²) in [4.78, 5) is 0. The van der Waals surface area contributed by atoms with Gasteiger partial charge in [0.2, 0.25) is 0 Å². The van der Waals surface area contributed by atoms with E-state index in [0.717, 1.165) is 29.8 Å². The first kappa shape index (κ1) is 18.4. The molecule has 0 aliphatic rings. The van der Waals surface area contributed by atoms with Crippen molar-refractivity contribution in [1.29, 1.82) is 0 Å². The second-order valence-corrected chi connectivity index (χ2v) is 8.05. The molecule has 0 aliphatic carbocycles. The minimum atomic E-state index is 0.0649. The Morgan fingerprint density at radius 3 is 2.00 bits per heavy atom. The quantitative estimate of drug-likeness (QED) is 0.673. The zero-order valence-corrected chi connectivity index (χ0v) is 16.0. The van der Waals surface area contributed by atoms with Crippen LogP contribution in [0.15, 0.2) is 36.4 Å². The zero-order chi connectivity index (χ0) is 18.1. The van der Waals surface area contributed by atoms with E-state index in [1.807, 2.05) is 18.2 Å². The minimum absolute atomic E-state index is 0.0649. The van der Waals surface area contributed by atoms with Crippen LogP contribution in [0.25, 0.3) is 11.1 Å². The van der Waals surface area contributed by atoms with Gasteiger partial charge in [0.15, 0.2) is 0 Å². The first-order chi connectivity index (χ1) is 11.1. The van der Waals surface area contributed by atoms with Gasteiger partial charge >= 0.3 is 0 Å². The topological polar surface area (TPSA) is 52.0 Å². The summed E-state index contributed by atoms with van der Waals surface area (Å²) in [5.41, 5.74) is 19.1. The lowest BCUT2D eigenvalue weighted by molar-refractivity contribution is 0.456. The van der Waals surface area contributed by atoms with Gasteiger partial charge in [0.25, 0.3) is 0 Å². The number of nitrogens with two attached hydrogens (primary N) is 2. The molecule has 0 bridgehead atoms. The molecule has 2 aromatic rings. The van der Waals surface area contributed by atoms with Crippen molar-refractivity contribution in [2.24, 2.45) is 0 Å². The molecule has 0 aromatic heterocycles. The molecule has 4 N–H and O–H groups in total. The molecule has 130 valence electrons. The summed E-state index contributed by atoms with van der Waals surface area (Å²) >= 11 is 0. The maximum Gasteiger partial charge on any atom is 0.0395 e. The molecule has 2 nitrogen and oxygen atoms in total. The second kappa shape index (κ2) is 6.51. The lowest BCUT2D eigenvalue weighted by Crippen LogP contribution is -2.26. The van der Waals surface area contributed by atoms with Crippen molar-refractivity contribution in [3.63, 3.8) is 0 Å². The maximum absolute atomic E-state index is 6.31. The summed E-state index contributed by atoms with van der Waals surface area (Å²) in [6, 6.07) is 12.4. The Bertz CT molecular complexity index is 727. The van der Waals surface area contributed by atoms with Crippen molar-refractivity contribution in [2.45, 2.75) is 65.2 Å². The van der Waals surface area contributed by atoms with E-state index in [1.165, 1.54) is 16.7 Å². The number of rotatable bonds is 5. The third-order valence-corrected chi connectivity index (χ3v) is 5.61. The molecule has 2 rings (SSSR count). The molecule has 0 atom stereocenters. The van der Waals surface area contributed by atoms with Crippen molar-refractivity contribution in [3.8, 4) is 11.1 Å². The summed E-state index contributed by atoms with van der Waals surface area (Å²) < 4.78 is 0. The Kier molecular flexibility index (Phi) is 4.98. The van der Waals surface area contributed by atoms with Crippen molar-refractivity contribution in [3.05, 3.63) is 47.5 Å². The van der Waals surface area contributed by atoms with Gasteiger partial charge in [0.1, 0.15) is 0 Å². The summed E-state index contributed by atoms with van der Waals surface area (Å²) in [6.45, 7) is 13.8. The van der Waals surface area contributed by atoms with E-state index in [2.05, 4.69) is 59.7 Å². The van der Waals surface area contributed by atoms with Gasteiger partial charge in [-0.2, -0.15) is 0 Å². The van der Waals surface area contributed by atoms with Crippen LogP contribution in [0.3, 0.4) is 0 Å². The Morgan fingerprint density at radius 1 is 0.792 bits per heavy atom. The van der Waals surface area contributed by atoms with Crippen LogP contribution in [-0.2, 0) is 10.8 Å². The molecule has 0 radical (unpaired) electrons. The van der Waals surface area contributed by atoms with E-state index >= 15 is 0 Å². The monoisotopic (exact) mass is 324 g/mol. The summed E-state index contributed by atoms with van der Waals surface area (Å²) in [5.74, 6) is 0. The van der Waals surface area contributed by atoms with Crippen molar-refractivity contribution in [1.82, 2.24) is 0 Å². The number of anilines is 2. The van der Waals surface area contributed by atoms with Crippen molar-refractivity contribution >= 4 is 11.4 Å². The molecular formula is C22H32N2. The van der Waals surface area contributed by atoms with Crippen LogP contribution in [0, 0.1) is 0 Å². The fraction of sp³-hybridized carbons (Fsp3) is 0.455. The molecule has 2 heteroatoms. The normalized spacial score (nSPS) is 12.4. The third-order valence-electron chi connectivity index (χ3n) is 5.61. The fourth-order valence-electron chi connectivity index (χ4n) is 3.24. The highest BCUT2D eigenvalue weighted by Gasteiger charge is 2.31. The Balaban J connectivity index is 2.87. The van der Waals surface area contributed by atoms with Gasteiger partial charge in [-0.25, -0.2) is 0 Å². The predicted molar refractivity (Wildman–Crippen MR) is 107 cm³/mol. The van der Waals surface area contributed by atoms with E-state index in [1.54, 1.807) is 0 Å². The molecule has 0 amide bonds. The van der Waals surface area contributed by atoms with Crippen LogP contribution < -0.4 is 11.5 Å². The standard InChI is InChI=1S/C22H32N2/c1-7-21(3,4)18-11-9-10-16(20(18)22(5,6)8-2)17-14-15(23)12-13-19(17)24/h9-14H,7-8,23-24H2,1-6H3. The van der Waals surface area contributed by atoms with Gasteiger partial charge in [-0.3, -0.25) is 0 Å². The molecule has 2 aromatic carbocycles. The average molecular weight is 325 g/mol. The van der Waals surface area contributed by atoms with Gasteiger partial charge in [-0.15, -0.1) is 0 Å². The highest BCUT2D eigenvalue weighted by Crippen LogP contribution is 2.44. The first-order valence-corrected chi connectivity index (χ1v) is 8.93. The van der Waals surface area contributed by atoms with Crippen LogP contribution in [-0.4, -0.2) is 0 Å². The van der Waals surface area contributed by atoms with Crippen molar-refractivity contribution < 1.29 is 0 Å². The zero-order valence-electron chi connectivity index (χ0n) is 16.0. The highest BCUT2D eigenvalue weighted by atomic mass is 14.6. The molecule has 0 aliphatic heterocycles. The van der Waals surface area contributed by atoms with E-state index in [9.17, 15) is 0 Å². The predicted octanol–water partition coefficient (Wildman–Crippen LogP) is 5.89. The largest absolute Gasteiger partial charge is 0.399 e. The second-order valence-electron chi connectivity index (χ2n) is 8.05. The van der Waals surface area contributed by atoms with Gasteiger partial charge in [-0.1, -0.05) is 59.7 Å². The molecule has 0 saturated heterocycles. The SMILES string of the molecule is CCC(C)(C)c1cccc(-c2cc(N)ccc2N)c1C(C)(C)CC. The molecule has 24 heavy (non-hydrogen) atoms. The number of hydrogen-bond donors (Lipinski definition) is 2. The Hall–Kier alpha value is -1.96. The number of benzene rings is 2. The fourth-order valence-corrected chi connectivity index (χ4v) is 3.24. The third kappa shape index (κ3) is 3.28. The van der Waals surface area contributed by atoms with Crippen LogP contribution >= 0.6 is 0 Å². The van der Waals surface area contributed by atoms with Gasteiger partial charge in [0, 0.05) is 16.9 Å². The average Bonchev–Trinajstić information content (AvgIpc) is 2.56. The summed E-state index contributed by atoms with van der Waals surface area (Å²) in [5, 5.41) is 0. The van der Waals surface area contributed by atoms with Crippen LogP contribution in [0.5, 0.6) is 0 Å². The summed E-state index contributed by atoms with van der Waals surface area (Å²) in [6.07, 6.45) is 2.16. The van der Waals surface area contributed by atoms with E-state index < -0.39 is 0 Å². The van der Waals surface area contributed by atoms with E-state index in [-0.39, 0.29) is 10.8 Å². The lowest BCUT2D eigenvalue weighted by atomic mass is 9.69. The van der Waals surface area contributed by atoms with Crippen LogP contribution in [0.1, 0.15) is 65.5 Å². The molecule has 0 spiro atoms. The number of nitrogen functional groups attached to an aromatic ring is 2. The van der Waals surface area contributed by atoms with Gasteiger partial charge < -0.3 is 11.5 Å². The molecule has 0 saturated carbocycles. The lowest BCUT2D eigenvalue weighted by Gasteiger charge is -2.36. The van der Waals surface area contributed by atoms with Gasteiger partial charge in [-0.05, 0) is 58.6 Å². The first-order valence-electron chi connectivity index (χ1n) is 8.93. The Morgan fingerprint density at radius 2 is 1.42 bits per heavy atom. The maximum atomic E-state index is 6.31. The van der Waals surface area contributed by atoms with Crippen LogP contribution in [0.4, 0.5) is 11.4 Å². The highest BCUT2D eigenvalue weighted by molar-refractivity contribution is 5.82. The van der Waals surface area contributed by atoms with Crippen molar-refractivity contribution in [2.75, 3.05) is 11.5 Å². The molecule has 0 heterocycles. The molecule has 0 unspecified atom stereocenters. The van der Waals surface area contributed by atoms with E-state index in [4.69, 9.17) is 11.5 Å². The Labute approximate surface area is 147 Å². The molecule has 0 fully saturated rings. The minimum Gasteiger partial charge on any atom is -0.399 e. The van der Waals surface area contributed by atoms with Gasteiger partial charge in [0.05, 0.1) is 0 Å².